The Morgan fingerprint density at radius 1 is 1.14 bits per heavy atom. The molecule has 0 amide bonds. The quantitative estimate of drug-likeness (QED) is 0.305. The van der Waals surface area contributed by atoms with Crippen molar-refractivity contribution in [3.63, 3.8) is 0 Å². The molecule has 7 heteroatoms. The summed E-state index contributed by atoms with van der Waals surface area (Å²) in [7, 11) is -5.39. The van der Waals surface area contributed by atoms with Gasteiger partial charge in [0.1, 0.15) is 0 Å². The summed E-state index contributed by atoms with van der Waals surface area (Å²) in [6.07, 6.45) is 0. The Bertz CT molecular complexity index is 57.8. The van der Waals surface area contributed by atoms with Gasteiger partial charge in [-0.15, -0.1) is 0 Å². The SMILES string of the molecule is O=P([O-])([O-])[O-].[Rb+].[Ti+2]. The van der Waals surface area contributed by atoms with Crippen LogP contribution >= 0.6 is 7.82 Å². The van der Waals surface area contributed by atoms with Gasteiger partial charge >= 0.3 is 79.9 Å². The van der Waals surface area contributed by atoms with E-state index >= 15 is 0 Å². The van der Waals surface area contributed by atoms with Gasteiger partial charge in [0.05, 0.1) is 0 Å². The summed E-state index contributed by atoms with van der Waals surface area (Å²) in [5.74, 6) is 0. The summed E-state index contributed by atoms with van der Waals surface area (Å²) in [4.78, 5) is 25.6. The van der Waals surface area contributed by atoms with Crippen LogP contribution in [0.1, 0.15) is 0 Å². The molecule has 0 rings (SSSR count). The summed E-state index contributed by atoms with van der Waals surface area (Å²) < 4.78 is 8.55. The molecule has 34 valence electrons. The van der Waals surface area contributed by atoms with Gasteiger partial charge in [0.25, 0.3) is 0 Å². The van der Waals surface area contributed by atoms with Crippen molar-refractivity contribution in [3.05, 3.63) is 0 Å². The van der Waals surface area contributed by atoms with Crippen LogP contribution in [0.2, 0.25) is 0 Å². The molecular formula is O4PRbTi. The van der Waals surface area contributed by atoms with Gasteiger partial charge in [-0.25, -0.2) is 0 Å². The largest absolute Gasteiger partial charge is 2.00 e. The van der Waals surface area contributed by atoms with Gasteiger partial charge < -0.3 is 19.2 Å². The van der Waals surface area contributed by atoms with E-state index in [1.165, 1.54) is 0 Å². The Kier molecular flexibility index (Phi) is 15.7. The van der Waals surface area contributed by atoms with Crippen molar-refractivity contribution in [1.29, 1.82) is 0 Å². The van der Waals surface area contributed by atoms with Crippen LogP contribution in [0.3, 0.4) is 0 Å². The molecule has 0 heterocycles. The van der Waals surface area contributed by atoms with Crippen LogP contribution in [0.5, 0.6) is 0 Å². The fourth-order valence-electron chi connectivity index (χ4n) is 0. The topological polar surface area (TPSA) is 86.2 Å². The molecule has 0 aromatic heterocycles. The molecule has 0 bridgehead atoms. The van der Waals surface area contributed by atoms with Gasteiger partial charge in [-0.2, -0.15) is 7.82 Å². The van der Waals surface area contributed by atoms with E-state index in [0.717, 1.165) is 0 Å². The first-order valence-corrected chi connectivity index (χ1v) is 2.19. The third-order valence-electron chi connectivity index (χ3n) is 0. The molecule has 7 heavy (non-hydrogen) atoms. The monoisotopic (exact) mass is 228 g/mol. The maximum Gasteiger partial charge on any atom is 2.00 e. The average molecular weight is 228 g/mol. The predicted octanol–water partition coefficient (Wildman–Crippen LogP) is -5.82. The second-order valence-corrected chi connectivity index (χ2v) is 1.34. The Morgan fingerprint density at radius 3 is 1.14 bits per heavy atom. The van der Waals surface area contributed by atoms with E-state index in [4.69, 9.17) is 19.2 Å². The Labute approximate surface area is 105 Å². The Morgan fingerprint density at radius 2 is 1.14 bits per heavy atom. The van der Waals surface area contributed by atoms with Crippen LogP contribution in [-0.2, 0) is 26.3 Å². The molecule has 0 spiro atoms. The molecular weight excluding hydrogens is 228 g/mol. The molecule has 0 unspecified atom stereocenters. The van der Waals surface area contributed by atoms with E-state index < -0.39 is 7.82 Å². The summed E-state index contributed by atoms with van der Waals surface area (Å²) in [5.41, 5.74) is 0. The average Bonchev–Trinajstić information content (AvgIpc) is 0.722. The van der Waals surface area contributed by atoms with E-state index in [-0.39, 0.29) is 79.9 Å². The van der Waals surface area contributed by atoms with Crippen LogP contribution in [0.25, 0.3) is 0 Å². The molecule has 0 N–H and O–H groups in total. The summed E-state index contributed by atoms with van der Waals surface area (Å²) >= 11 is 0. The van der Waals surface area contributed by atoms with E-state index in [9.17, 15) is 0 Å². The molecule has 4 nitrogen and oxygen atoms in total. The minimum Gasteiger partial charge on any atom is -0.822 e. The van der Waals surface area contributed by atoms with Gasteiger partial charge in [-0.1, -0.05) is 0 Å². The third-order valence-corrected chi connectivity index (χ3v) is 0. The molecule has 0 aliphatic rings. The van der Waals surface area contributed by atoms with Crippen LogP contribution in [0.4, 0.5) is 0 Å². The van der Waals surface area contributed by atoms with Crippen LogP contribution in [-0.4, -0.2) is 0 Å². The van der Waals surface area contributed by atoms with Crippen molar-refractivity contribution in [3.8, 4) is 0 Å². The minimum atomic E-state index is -5.39. The Hall–Kier alpha value is 2.63. The van der Waals surface area contributed by atoms with Crippen molar-refractivity contribution in [1.82, 2.24) is 0 Å². The Balaban J connectivity index is -0.0000000800. The number of hydrogen-bond acceptors (Lipinski definition) is 4. The first kappa shape index (κ1) is 16.3. The standard InChI is InChI=1S/H3O4P.Rb.Ti/c1-5(2,3)4;;/h(H3,1,2,3,4);;/q;+1;+2/p-3. The summed E-state index contributed by atoms with van der Waals surface area (Å²) in [6.45, 7) is 0. The van der Waals surface area contributed by atoms with Gasteiger partial charge in [0.15, 0.2) is 0 Å². The van der Waals surface area contributed by atoms with E-state index in [0.29, 0.717) is 0 Å². The fraction of sp³-hybridized carbons (Fsp3) is 0. The summed E-state index contributed by atoms with van der Waals surface area (Å²) in [6, 6.07) is 0. The van der Waals surface area contributed by atoms with Crippen LogP contribution < -0.4 is 72.9 Å². The first-order valence-electron chi connectivity index (χ1n) is 0.730. The van der Waals surface area contributed by atoms with E-state index in [2.05, 4.69) is 0 Å². The maximum atomic E-state index is 8.55. The second-order valence-electron chi connectivity index (χ2n) is 0.447. The summed E-state index contributed by atoms with van der Waals surface area (Å²) in [5, 5.41) is 0. The third kappa shape index (κ3) is 54.9. The molecule has 0 fully saturated rings. The molecule has 0 aliphatic carbocycles. The maximum absolute atomic E-state index is 8.55. The van der Waals surface area contributed by atoms with E-state index in [1.54, 1.807) is 0 Å². The van der Waals surface area contributed by atoms with Gasteiger partial charge in [0.2, 0.25) is 0 Å². The van der Waals surface area contributed by atoms with Crippen molar-refractivity contribution >= 4 is 7.82 Å². The molecule has 0 radical (unpaired) electrons. The molecule has 0 atom stereocenters. The zero-order valence-electron chi connectivity index (χ0n) is 3.58. The molecule has 0 saturated carbocycles. The van der Waals surface area contributed by atoms with Crippen molar-refractivity contribution < 1.29 is 99.2 Å². The molecule has 0 aromatic rings. The van der Waals surface area contributed by atoms with Crippen molar-refractivity contribution in [2.45, 2.75) is 0 Å². The minimum absolute atomic E-state index is 0. The number of hydrogen-bond donors (Lipinski definition) is 0. The molecule has 0 aromatic carbocycles. The number of phosphoric acid groups is 1. The van der Waals surface area contributed by atoms with Crippen LogP contribution in [0.15, 0.2) is 0 Å². The zero-order valence-corrected chi connectivity index (χ0v) is 11.0. The fourth-order valence-corrected chi connectivity index (χ4v) is 0. The normalized spacial score (nSPS) is 8.43. The predicted molar refractivity (Wildman–Crippen MR) is 7.61 cm³/mol. The zero-order chi connectivity index (χ0) is 4.50. The number of rotatable bonds is 0. The van der Waals surface area contributed by atoms with Crippen molar-refractivity contribution in [2.24, 2.45) is 0 Å². The van der Waals surface area contributed by atoms with Gasteiger partial charge in [-0.3, -0.25) is 0 Å². The van der Waals surface area contributed by atoms with Gasteiger partial charge in [-0.05, 0) is 0 Å². The van der Waals surface area contributed by atoms with Crippen molar-refractivity contribution in [2.75, 3.05) is 0 Å². The molecule has 0 aliphatic heterocycles. The second kappa shape index (κ2) is 6.75. The first-order chi connectivity index (χ1) is 2.00. The van der Waals surface area contributed by atoms with E-state index in [1.807, 2.05) is 0 Å². The van der Waals surface area contributed by atoms with Gasteiger partial charge in [0, 0.05) is 0 Å². The smallest absolute Gasteiger partial charge is 0.822 e. The van der Waals surface area contributed by atoms with Crippen LogP contribution in [0, 0.1) is 0 Å². The molecule has 0 saturated heterocycles.